The first-order valence-corrected chi connectivity index (χ1v) is 8.66. The Bertz CT molecular complexity index is 977. The van der Waals surface area contributed by atoms with Gasteiger partial charge in [0.15, 0.2) is 17.3 Å². The summed E-state index contributed by atoms with van der Waals surface area (Å²) >= 11 is 0. The van der Waals surface area contributed by atoms with Gasteiger partial charge in [-0.2, -0.15) is 9.97 Å². The van der Waals surface area contributed by atoms with Crippen LogP contribution < -0.4 is 20.5 Å². The maximum atomic E-state index is 12.9. The van der Waals surface area contributed by atoms with Crippen molar-refractivity contribution in [1.82, 2.24) is 24.4 Å². The molecule has 0 saturated carbocycles. The molecule has 3 rings (SSSR count). The molecule has 2 aromatic heterocycles. The van der Waals surface area contributed by atoms with Gasteiger partial charge in [0.1, 0.15) is 0 Å². The highest BCUT2D eigenvalue weighted by Gasteiger charge is 2.24. The maximum absolute atomic E-state index is 12.9. The molecular formula is C17H22N6O4. The molecule has 2 N–H and O–H groups in total. The summed E-state index contributed by atoms with van der Waals surface area (Å²) in [6, 6.07) is -0.0829. The van der Waals surface area contributed by atoms with Gasteiger partial charge < -0.3 is 20.1 Å². The molecule has 0 amide bonds. The highest BCUT2D eigenvalue weighted by atomic mass is 16.5. The lowest BCUT2D eigenvalue weighted by Crippen LogP contribution is -2.44. The quantitative estimate of drug-likeness (QED) is 0.668. The van der Waals surface area contributed by atoms with Crippen molar-refractivity contribution in [2.75, 3.05) is 31.1 Å². The molecule has 3 heterocycles. The standard InChI is InChI=1S/C17H22N6O4/c1-4-5-8-23-12-13(19-16(23)22-9-6-18-7-10-22)20-17(21(3)14(12)24)27-11(2)15(25)26/h11,18H,6-10H2,1-3H3,(H,25,26). The Morgan fingerprint density at radius 1 is 1.37 bits per heavy atom. The van der Waals surface area contributed by atoms with Crippen LogP contribution in [-0.2, 0) is 18.4 Å². The van der Waals surface area contributed by atoms with Crippen molar-refractivity contribution in [3.8, 4) is 17.9 Å². The Morgan fingerprint density at radius 3 is 2.70 bits per heavy atom. The SMILES string of the molecule is CC#CCn1c(N2CCNCC2)nc2nc(OC(C)C(=O)O)n(C)c(=O)c21. The number of anilines is 1. The van der Waals surface area contributed by atoms with Crippen molar-refractivity contribution in [2.45, 2.75) is 26.5 Å². The van der Waals surface area contributed by atoms with Gasteiger partial charge in [0.25, 0.3) is 5.56 Å². The zero-order valence-corrected chi connectivity index (χ0v) is 15.5. The summed E-state index contributed by atoms with van der Waals surface area (Å²) in [4.78, 5) is 34.9. The predicted octanol–water partition coefficient (Wildman–Crippen LogP) is -0.585. The molecular weight excluding hydrogens is 352 g/mol. The Balaban J connectivity index is 2.15. The number of nitrogens with zero attached hydrogens (tertiary/aromatic N) is 5. The van der Waals surface area contributed by atoms with Gasteiger partial charge in [-0.05, 0) is 13.8 Å². The van der Waals surface area contributed by atoms with Gasteiger partial charge in [-0.25, -0.2) is 4.79 Å². The average molecular weight is 374 g/mol. The maximum Gasteiger partial charge on any atom is 0.344 e. The topological polar surface area (TPSA) is 115 Å². The summed E-state index contributed by atoms with van der Waals surface area (Å²) in [5.74, 6) is 5.30. The lowest BCUT2D eigenvalue weighted by Gasteiger charge is -2.28. The van der Waals surface area contributed by atoms with E-state index in [0.29, 0.717) is 18.0 Å². The molecule has 1 aliphatic rings. The van der Waals surface area contributed by atoms with E-state index in [1.165, 1.54) is 18.5 Å². The number of imidazole rings is 1. The van der Waals surface area contributed by atoms with Gasteiger partial charge in [-0.3, -0.25) is 13.9 Å². The number of ether oxygens (including phenoxy) is 1. The number of hydrogen-bond acceptors (Lipinski definition) is 7. The number of hydrogen-bond donors (Lipinski definition) is 2. The molecule has 0 spiro atoms. The monoisotopic (exact) mass is 374 g/mol. The van der Waals surface area contributed by atoms with E-state index in [1.54, 1.807) is 11.5 Å². The first-order chi connectivity index (χ1) is 12.9. The van der Waals surface area contributed by atoms with Crippen LogP contribution in [0.3, 0.4) is 0 Å². The van der Waals surface area contributed by atoms with E-state index < -0.39 is 12.1 Å². The molecule has 1 fully saturated rings. The van der Waals surface area contributed by atoms with E-state index in [-0.39, 0.29) is 17.2 Å². The zero-order chi connectivity index (χ0) is 19.6. The molecule has 10 nitrogen and oxygen atoms in total. The summed E-state index contributed by atoms with van der Waals surface area (Å²) in [6.07, 6.45) is -1.14. The lowest BCUT2D eigenvalue weighted by atomic mass is 10.4. The molecule has 10 heteroatoms. The van der Waals surface area contributed by atoms with Crippen LogP contribution in [0.2, 0.25) is 0 Å². The van der Waals surface area contributed by atoms with Gasteiger partial charge in [-0.15, -0.1) is 5.92 Å². The van der Waals surface area contributed by atoms with Crippen LogP contribution in [0.25, 0.3) is 11.2 Å². The van der Waals surface area contributed by atoms with Gasteiger partial charge in [0.05, 0.1) is 6.54 Å². The summed E-state index contributed by atoms with van der Waals surface area (Å²) in [5, 5.41) is 12.3. The molecule has 1 saturated heterocycles. The Hall–Kier alpha value is -3.06. The van der Waals surface area contributed by atoms with E-state index in [2.05, 4.69) is 32.0 Å². The van der Waals surface area contributed by atoms with Gasteiger partial charge in [-0.1, -0.05) is 5.92 Å². The molecule has 1 unspecified atom stereocenters. The first kappa shape index (κ1) is 18.7. The van der Waals surface area contributed by atoms with Crippen molar-refractivity contribution < 1.29 is 14.6 Å². The number of aliphatic carboxylic acids is 1. The fourth-order valence-electron chi connectivity index (χ4n) is 2.86. The van der Waals surface area contributed by atoms with Gasteiger partial charge in [0, 0.05) is 33.2 Å². The third-order valence-corrected chi connectivity index (χ3v) is 4.37. The van der Waals surface area contributed by atoms with Crippen LogP contribution in [0, 0.1) is 11.8 Å². The van der Waals surface area contributed by atoms with Crippen LogP contribution in [0.4, 0.5) is 5.95 Å². The second kappa shape index (κ2) is 7.67. The Kier molecular flexibility index (Phi) is 5.32. The van der Waals surface area contributed by atoms with Crippen LogP contribution in [0.5, 0.6) is 6.01 Å². The Labute approximate surface area is 155 Å². The summed E-state index contributed by atoms with van der Waals surface area (Å²) < 4.78 is 8.28. The minimum absolute atomic E-state index is 0.0829. The molecule has 0 aromatic carbocycles. The van der Waals surface area contributed by atoms with Crippen LogP contribution in [-0.4, -0.2) is 62.5 Å². The highest BCUT2D eigenvalue weighted by Crippen LogP contribution is 2.21. The van der Waals surface area contributed by atoms with E-state index in [1.807, 2.05) is 0 Å². The third-order valence-electron chi connectivity index (χ3n) is 4.37. The third kappa shape index (κ3) is 3.59. The first-order valence-electron chi connectivity index (χ1n) is 8.66. The molecule has 0 aliphatic carbocycles. The highest BCUT2D eigenvalue weighted by molar-refractivity contribution is 5.75. The number of rotatable bonds is 5. The second-order valence-electron chi connectivity index (χ2n) is 6.19. The number of carboxylic acid groups (broad SMARTS) is 1. The molecule has 2 aromatic rings. The zero-order valence-electron chi connectivity index (χ0n) is 15.5. The van der Waals surface area contributed by atoms with E-state index in [0.717, 1.165) is 26.2 Å². The minimum atomic E-state index is -1.14. The van der Waals surface area contributed by atoms with Crippen molar-refractivity contribution >= 4 is 23.1 Å². The second-order valence-corrected chi connectivity index (χ2v) is 6.19. The molecule has 0 radical (unpaired) electrons. The fourth-order valence-corrected chi connectivity index (χ4v) is 2.86. The number of fused-ring (bicyclic) bond motifs is 1. The van der Waals surface area contributed by atoms with Gasteiger partial charge >= 0.3 is 12.0 Å². The van der Waals surface area contributed by atoms with Crippen LogP contribution in [0.1, 0.15) is 13.8 Å². The van der Waals surface area contributed by atoms with Crippen LogP contribution in [0.15, 0.2) is 4.79 Å². The van der Waals surface area contributed by atoms with Crippen molar-refractivity contribution in [3.63, 3.8) is 0 Å². The minimum Gasteiger partial charge on any atom is -0.479 e. The summed E-state index contributed by atoms with van der Waals surface area (Å²) in [6.45, 7) is 6.57. The molecule has 1 aliphatic heterocycles. The Morgan fingerprint density at radius 2 is 2.07 bits per heavy atom. The molecule has 1 atom stereocenters. The smallest absolute Gasteiger partial charge is 0.344 e. The largest absolute Gasteiger partial charge is 0.479 e. The molecule has 0 bridgehead atoms. The van der Waals surface area contributed by atoms with Gasteiger partial charge in [0.2, 0.25) is 5.95 Å². The van der Waals surface area contributed by atoms with E-state index in [9.17, 15) is 9.59 Å². The summed E-state index contributed by atoms with van der Waals surface area (Å²) in [5.41, 5.74) is 0.181. The number of carboxylic acids is 1. The van der Waals surface area contributed by atoms with Crippen LogP contribution >= 0.6 is 0 Å². The van der Waals surface area contributed by atoms with E-state index in [4.69, 9.17) is 9.84 Å². The predicted molar refractivity (Wildman–Crippen MR) is 99.0 cm³/mol. The number of aromatic nitrogens is 4. The van der Waals surface area contributed by atoms with Crippen molar-refractivity contribution in [1.29, 1.82) is 0 Å². The lowest BCUT2D eigenvalue weighted by molar-refractivity contribution is -0.144. The normalized spacial score (nSPS) is 15.3. The van der Waals surface area contributed by atoms with E-state index >= 15 is 0 Å². The fraction of sp³-hybridized carbons (Fsp3) is 0.529. The number of nitrogens with one attached hydrogen (secondary N) is 1. The average Bonchev–Trinajstić information content (AvgIpc) is 3.03. The molecule has 144 valence electrons. The van der Waals surface area contributed by atoms with Crippen molar-refractivity contribution in [2.24, 2.45) is 7.05 Å². The number of piperazine rings is 1. The number of carbonyl (C=O) groups is 1. The molecule has 27 heavy (non-hydrogen) atoms. The summed E-state index contributed by atoms with van der Waals surface area (Å²) in [7, 11) is 1.49. The van der Waals surface area contributed by atoms with Crippen molar-refractivity contribution in [3.05, 3.63) is 10.4 Å².